The SMILES string of the molecule is CC(C)CCC[C@@H](C)[C@H]1CC[C@H]2C3=C(CC[C@]12C)[C@@]1(C)CC[C@H](O)CC1=CC3C. The molecule has 0 bridgehead atoms. The van der Waals surface area contributed by atoms with Gasteiger partial charge in [0.05, 0.1) is 6.10 Å². The first-order chi connectivity index (χ1) is 13.7. The van der Waals surface area contributed by atoms with E-state index in [1.807, 2.05) is 11.1 Å². The van der Waals surface area contributed by atoms with Crippen molar-refractivity contribution in [3.63, 3.8) is 0 Å². The first kappa shape index (κ1) is 21.7. The second kappa shape index (κ2) is 7.85. The Morgan fingerprint density at radius 2 is 1.83 bits per heavy atom. The highest BCUT2D eigenvalue weighted by Crippen LogP contribution is 2.65. The van der Waals surface area contributed by atoms with Crippen molar-refractivity contribution in [2.45, 2.75) is 112 Å². The Morgan fingerprint density at radius 3 is 2.55 bits per heavy atom. The highest BCUT2D eigenvalue weighted by atomic mass is 16.3. The van der Waals surface area contributed by atoms with Crippen molar-refractivity contribution in [2.24, 2.45) is 40.4 Å². The number of rotatable bonds is 5. The predicted octanol–water partition coefficient (Wildman–Crippen LogP) is 7.70. The minimum absolute atomic E-state index is 0.111. The second-order valence-corrected chi connectivity index (χ2v) is 12.2. The van der Waals surface area contributed by atoms with Crippen LogP contribution in [-0.2, 0) is 0 Å². The molecule has 0 aliphatic heterocycles. The molecule has 4 rings (SSSR count). The summed E-state index contributed by atoms with van der Waals surface area (Å²) in [5.74, 6) is 4.01. The largest absolute Gasteiger partial charge is 0.393 e. The lowest BCUT2D eigenvalue weighted by molar-refractivity contribution is 0.0829. The van der Waals surface area contributed by atoms with E-state index in [-0.39, 0.29) is 11.5 Å². The normalized spacial score (nSPS) is 43.0. The summed E-state index contributed by atoms with van der Waals surface area (Å²) in [6.45, 7) is 14.9. The van der Waals surface area contributed by atoms with Crippen molar-refractivity contribution in [2.75, 3.05) is 0 Å². The molecule has 2 saturated carbocycles. The fraction of sp³-hybridized carbons (Fsp3) is 0.857. The van der Waals surface area contributed by atoms with Crippen molar-refractivity contribution in [1.82, 2.24) is 0 Å². The lowest BCUT2D eigenvalue weighted by Gasteiger charge is -2.53. The number of hydrogen-bond donors (Lipinski definition) is 1. The Kier molecular flexibility index (Phi) is 5.86. The minimum Gasteiger partial charge on any atom is -0.393 e. The molecule has 29 heavy (non-hydrogen) atoms. The Labute approximate surface area is 180 Å². The van der Waals surface area contributed by atoms with E-state index in [1.165, 1.54) is 44.9 Å². The third-order valence-corrected chi connectivity index (χ3v) is 9.92. The van der Waals surface area contributed by atoms with Crippen LogP contribution < -0.4 is 0 Å². The van der Waals surface area contributed by atoms with Crippen molar-refractivity contribution in [3.8, 4) is 0 Å². The molecule has 7 atom stereocenters. The molecule has 0 spiro atoms. The van der Waals surface area contributed by atoms with E-state index in [2.05, 4.69) is 47.6 Å². The van der Waals surface area contributed by atoms with Gasteiger partial charge in [0, 0.05) is 5.41 Å². The number of fused-ring (bicyclic) bond motifs is 4. The van der Waals surface area contributed by atoms with Gasteiger partial charge in [0.1, 0.15) is 0 Å². The molecule has 4 aliphatic carbocycles. The van der Waals surface area contributed by atoms with Gasteiger partial charge in [-0.25, -0.2) is 0 Å². The first-order valence-corrected chi connectivity index (χ1v) is 12.8. The van der Waals surface area contributed by atoms with Crippen LogP contribution in [0.15, 0.2) is 22.8 Å². The molecule has 2 fully saturated rings. The van der Waals surface area contributed by atoms with Crippen molar-refractivity contribution < 1.29 is 5.11 Å². The summed E-state index contributed by atoms with van der Waals surface area (Å²) in [7, 11) is 0. The zero-order valence-corrected chi connectivity index (χ0v) is 20.1. The van der Waals surface area contributed by atoms with Gasteiger partial charge in [0.25, 0.3) is 0 Å². The van der Waals surface area contributed by atoms with Gasteiger partial charge in [-0.1, -0.05) is 83.6 Å². The van der Waals surface area contributed by atoms with E-state index >= 15 is 0 Å². The number of allylic oxidation sites excluding steroid dienone is 3. The maximum absolute atomic E-state index is 10.3. The summed E-state index contributed by atoms with van der Waals surface area (Å²) < 4.78 is 0. The number of aliphatic hydroxyl groups is 1. The topological polar surface area (TPSA) is 20.2 Å². The maximum atomic E-state index is 10.3. The minimum atomic E-state index is -0.111. The van der Waals surface area contributed by atoms with Crippen LogP contribution in [0, 0.1) is 40.4 Å². The summed E-state index contributed by atoms with van der Waals surface area (Å²) in [4.78, 5) is 0. The van der Waals surface area contributed by atoms with Crippen molar-refractivity contribution in [3.05, 3.63) is 22.8 Å². The smallest absolute Gasteiger partial charge is 0.0578 e. The average Bonchev–Trinajstić information content (AvgIpc) is 3.00. The lowest BCUT2D eigenvalue weighted by atomic mass is 9.51. The van der Waals surface area contributed by atoms with Gasteiger partial charge in [-0.05, 0) is 80.0 Å². The standard InChI is InChI=1S/C28H46O/c1-18(2)8-7-9-19(3)23-10-11-24-26-20(4)16-21-17-22(29)12-14-27(21,5)25(26)13-15-28(23,24)6/h16,18-20,22-24,29H,7-15,17H2,1-6H3/t19-,20?,22+,23-,24+,27+,28-/m1/s1. The van der Waals surface area contributed by atoms with Crippen LogP contribution in [0.5, 0.6) is 0 Å². The van der Waals surface area contributed by atoms with Crippen molar-refractivity contribution in [1.29, 1.82) is 0 Å². The highest BCUT2D eigenvalue weighted by Gasteiger charge is 2.55. The summed E-state index contributed by atoms with van der Waals surface area (Å²) in [6, 6.07) is 0. The van der Waals surface area contributed by atoms with Crippen LogP contribution >= 0.6 is 0 Å². The van der Waals surface area contributed by atoms with Gasteiger partial charge in [-0.15, -0.1) is 0 Å². The van der Waals surface area contributed by atoms with Crippen LogP contribution in [0.2, 0.25) is 0 Å². The van der Waals surface area contributed by atoms with Gasteiger partial charge in [-0.2, -0.15) is 0 Å². The van der Waals surface area contributed by atoms with E-state index in [0.29, 0.717) is 11.3 Å². The molecule has 1 heteroatoms. The summed E-state index contributed by atoms with van der Waals surface area (Å²) in [5.41, 5.74) is 5.98. The van der Waals surface area contributed by atoms with E-state index in [1.54, 1.807) is 5.57 Å². The Hall–Kier alpha value is -0.560. The van der Waals surface area contributed by atoms with Gasteiger partial charge >= 0.3 is 0 Å². The first-order valence-electron chi connectivity index (χ1n) is 12.8. The van der Waals surface area contributed by atoms with Crippen LogP contribution in [0.25, 0.3) is 0 Å². The molecule has 4 aliphatic rings. The molecular weight excluding hydrogens is 352 g/mol. The third kappa shape index (κ3) is 3.58. The molecule has 0 heterocycles. The Morgan fingerprint density at radius 1 is 1.07 bits per heavy atom. The fourth-order valence-electron chi connectivity index (χ4n) is 8.24. The number of aliphatic hydroxyl groups excluding tert-OH is 1. The predicted molar refractivity (Wildman–Crippen MR) is 124 cm³/mol. The van der Waals surface area contributed by atoms with Gasteiger partial charge in [0.15, 0.2) is 0 Å². The van der Waals surface area contributed by atoms with Crippen molar-refractivity contribution >= 4 is 0 Å². The fourth-order valence-corrected chi connectivity index (χ4v) is 8.24. The summed E-state index contributed by atoms with van der Waals surface area (Å²) in [6.07, 6.45) is 15.3. The zero-order valence-electron chi connectivity index (χ0n) is 20.1. The van der Waals surface area contributed by atoms with Gasteiger partial charge in [-0.3, -0.25) is 0 Å². The molecule has 0 aromatic carbocycles. The van der Waals surface area contributed by atoms with Crippen LogP contribution in [-0.4, -0.2) is 11.2 Å². The van der Waals surface area contributed by atoms with E-state index < -0.39 is 0 Å². The highest BCUT2D eigenvalue weighted by molar-refractivity contribution is 5.45. The third-order valence-electron chi connectivity index (χ3n) is 9.92. The molecule has 0 aromatic rings. The molecule has 1 N–H and O–H groups in total. The van der Waals surface area contributed by atoms with E-state index in [9.17, 15) is 5.11 Å². The van der Waals surface area contributed by atoms with Crippen LogP contribution in [0.4, 0.5) is 0 Å². The van der Waals surface area contributed by atoms with Crippen LogP contribution in [0.1, 0.15) is 106 Å². The summed E-state index contributed by atoms with van der Waals surface area (Å²) in [5, 5.41) is 10.3. The molecule has 1 unspecified atom stereocenters. The molecule has 0 amide bonds. The quantitative estimate of drug-likeness (QED) is 0.470. The molecule has 164 valence electrons. The Balaban J connectivity index is 1.57. The monoisotopic (exact) mass is 398 g/mol. The van der Waals surface area contributed by atoms with E-state index in [4.69, 9.17) is 0 Å². The molecule has 1 nitrogen and oxygen atoms in total. The maximum Gasteiger partial charge on any atom is 0.0578 e. The number of hydrogen-bond acceptors (Lipinski definition) is 1. The Bertz CT molecular complexity index is 684. The van der Waals surface area contributed by atoms with E-state index in [0.717, 1.165) is 42.9 Å². The summed E-state index contributed by atoms with van der Waals surface area (Å²) >= 11 is 0. The molecule has 0 radical (unpaired) electrons. The van der Waals surface area contributed by atoms with Gasteiger partial charge in [0.2, 0.25) is 0 Å². The molecule has 0 saturated heterocycles. The molecule has 0 aromatic heterocycles. The average molecular weight is 399 g/mol. The lowest BCUT2D eigenvalue weighted by Crippen LogP contribution is -2.43. The second-order valence-electron chi connectivity index (χ2n) is 12.2. The zero-order chi connectivity index (χ0) is 21.0. The van der Waals surface area contributed by atoms with Crippen LogP contribution in [0.3, 0.4) is 0 Å². The molecular formula is C28H46O. The van der Waals surface area contributed by atoms with Gasteiger partial charge < -0.3 is 5.11 Å².